The van der Waals surface area contributed by atoms with E-state index in [9.17, 15) is 15.0 Å². The summed E-state index contributed by atoms with van der Waals surface area (Å²) in [6, 6.07) is 6.65. The minimum absolute atomic E-state index is 0.0326. The molecule has 8 nitrogen and oxygen atoms in total. The van der Waals surface area contributed by atoms with Crippen LogP contribution in [0, 0.1) is 0 Å². The lowest BCUT2D eigenvalue weighted by atomic mass is 9.98. The van der Waals surface area contributed by atoms with Crippen LogP contribution >= 0.6 is 11.9 Å². The van der Waals surface area contributed by atoms with Gasteiger partial charge in [-0.2, -0.15) is 5.10 Å². The molecule has 0 saturated carbocycles. The SMILES string of the molecule is CC(C)c1cc(-c2nncn2Sc2cc3cn(C)nc3cc2C=O)c(O)cc1O. The Labute approximate surface area is 170 Å². The van der Waals surface area contributed by atoms with Gasteiger partial charge in [0, 0.05) is 35.2 Å². The normalized spacial score (nSPS) is 11.4. The lowest BCUT2D eigenvalue weighted by molar-refractivity contribution is 0.112. The number of hydrogen-bond acceptors (Lipinski definition) is 7. The fourth-order valence-electron chi connectivity index (χ4n) is 3.17. The second kappa shape index (κ2) is 7.25. The summed E-state index contributed by atoms with van der Waals surface area (Å²) < 4.78 is 3.38. The Morgan fingerprint density at radius 1 is 1.14 bits per heavy atom. The summed E-state index contributed by atoms with van der Waals surface area (Å²) in [5, 5.41) is 33.8. The minimum atomic E-state index is -0.0972. The second-order valence-electron chi connectivity index (χ2n) is 7.02. The number of phenolic OH excluding ortho intramolecular Hbond substituents is 2. The van der Waals surface area contributed by atoms with Gasteiger partial charge in [0.25, 0.3) is 0 Å². The van der Waals surface area contributed by atoms with Crippen LogP contribution in [0.25, 0.3) is 22.3 Å². The summed E-state index contributed by atoms with van der Waals surface area (Å²) in [6.07, 6.45) is 4.18. The molecule has 0 aliphatic heterocycles. The first-order chi connectivity index (χ1) is 13.9. The largest absolute Gasteiger partial charge is 0.508 e. The summed E-state index contributed by atoms with van der Waals surface area (Å²) >= 11 is 1.27. The van der Waals surface area contributed by atoms with Gasteiger partial charge in [-0.1, -0.05) is 13.8 Å². The van der Waals surface area contributed by atoms with Crippen molar-refractivity contribution in [3.05, 3.63) is 47.9 Å². The van der Waals surface area contributed by atoms with Crippen molar-refractivity contribution < 1.29 is 15.0 Å². The maximum Gasteiger partial charge on any atom is 0.178 e. The molecule has 2 heterocycles. The lowest BCUT2D eigenvalue weighted by Gasteiger charge is -2.13. The molecular weight excluding hydrogens is 390 g/mol. The van der Waals surface area contributed by atoms with Gasteiger partial charge in [-0.25, -0.2) is 3.97 Å². The summed E-state index contributed by atoms with van der Waals surface area (Å²) in [4.78, 5) is 12.3. The number of aromatic nitrogens is 5. The van der Waals surface area contributed by atoms with Gasteiger partial charge < -0.3 is 10.2 Å². The van der Waals surface area contributed by atoms with E-state index in [2.05, 4.69) is 15.3 Å². The van der Waals surface area contributed by atoms with Crippen LogP contribution in [0.15, 0.2) is 41.7 Å². The van der Waals surface area contributed by atoms with Gasteiger partial charge in [0.15, 0.2) is 12.1 Å². The van der Waals surface area contributed by atoms with Gasteiger partial charge in [0.2, 0.25) is 0 Å². The van der Waals surface area contributed by atoms with Crippen LogP contribution in [0.2, 0.25) is 0 Å². The molecule has 0 bridgehead atoms. The Bertz CT molecular complexity index is 1230. The van der Waals surface area contributed by atoms with Gasteiger partial charge in [-0.05, 0) is 41.6 Å². The Morgan fingerprint density at radius 3 is 2.66 bits per heavy atom. The van der Waals surface area contributed by atoms with E-state index in [4.69, 9.17) is 0 Å². The van der Waals surface area contributed by atoms with Crippen LogP contribution in [0.4, 0.5) is 0 Å². The zero-order chi connectivity index (χ0) is 20.7. The van der Waals surface area contributed by atoms with E-state index in [0.29, 0.717) is 27.4 Å². The van der Waals surface area contributed by atoms with Crippen LogP contribution in [0.1, 0.15) is 35.7 Å². The van der Waals surface area contributed by atoms with Crippen molar-refractivity contribution in [2.24, 2.45) is 7.05 Å². The van der Waals surface area contributed by atoms with Crippen molar-refractivity contribution in [3.63, 3.8) is 0 Å². The maximum atomic E-state index is 11.6. The minimum Gasteiger partial charge on any atom is -0.508 e. The average Bonchev–Trinajstić information content (AvgIpc) is 3.26. The highest BCUT2D eigenvalue weighted by molar-refractivity contribution is 7.98. The number of carbonyl (C=O) groups is 1. The first-order valence-corrected chi connectivity index (χ1v) is 9.72. The number of aldehydes is 1. The predicted octanol–water partition coefficient (Wildman–Crippen LogP) is 3.73. The van der Waals surface area contributed by atoms with Crippen LogP contribution in [-0.4, -0.2) is 40.4 Å². The van der Waals surface area contributed by atoms with E-state index in [-0.39, 0.29) is 17.4 Å². The number of hydrogen-bond donors (Lipinski definition) is 2. The Morgan fingerprint density at radius 2 is 1.93 bits per heavy atom. The van der Waals surface area contributed by atoms with E-state index >= 15 is 0 Å². The molecule has 4 aromatic rings. The predicted molar refractivity (Wildman–Crippen MR) is 110 cm³/mol. The van der Waals surface area contributed by atoms with Crippen molar-refractivity contribution in [1.82, 2.24) is 24.0 Å². The van der Waals surface area contributed by atoms with Crippen molar-refractivity contribution in [3.8, 4) is 22.9 Å². The van der Waals surface area contributed by atoms with Crippen molar-refractivity contribution >= 4 is 29.1 Å². The number of rotatable bonds is 5. The molecule has 9 heteroatoms. The molecule has 0 radical (unpaired) electrons. The van der Waals surface area contributed by atoms with Crippen LogP contribution in [0.3, 0.4) is 0 Å². The third kappa shape index (κ3) is 3.44. The molecule has 0 fully saturated rings. The summed E-state index contributed by atoms with van der Waals surface area (Å²) in [5.74, 6) is 0.413. The smallest absolute Gasteiger partial charge is 0.178 e. The zero-order valence-electron chi connectivity index (χ0n) is 16.1. The third-order valence-corrected chi connectivity index (χ3v) is 5.61. The molecule has 29 heavy (non-hydrogen) atoms. The first kappa shape index (κ1) is 19.0. The Kier molecular flexibility index (Phi) is 4.75. The van der Waals surface area contributed by atoms with Gasteiger partial charge in [0.05, 0.1) is 11.1 Å². The quantitative estimate of drug-likeness (QED) is 0.484. The molecule has 0 spiro atoms. The number of benzene rings is 2. The van der Waals surface area contributed by atoms with Gasteiger partial charge in [-0.3, -0.25) is 9.48 Å². The third-order valence-electron chi connectivity index (χ3n) is 4.60. The topological polar surface area (TPSA) is 106 Å². The lowest BCUT2D eigenvalue weighted by Crippen LogP contribution is -1.96. The maximum absolute atomic E-state index is 11.6. The van der Waals surface area contributed by atoms with Crippen LogP contribution < -0.4 is 0 Å². The highest BCUT2D eigenvalue weighted by atomic mass is 32.2. The number of phenols is 2. The van der Waals surface area contributed by atoms with Crippen molar-refractivity contribution in [2.75, 3.05) is 0 Å². The fourth-order valence-corrected chi connectivity index (χ4v) is 4.08. The van der Waals surface area contributed by atoms with E-state index in [0.717, 1.165) is 17.2 Å². The summed E-state index contributed by atoms with van der Waals surface area (Å²) in [5.41, 5.74) is 2.38. The van der Waals surface area contributed by atoms with E-state index in [1.807, 2.05) is 33.2 Å². The average molecular weight is 409 g/mol. The molecule has 0 aliphatic rings. The van der Waals surface area contributed by atoms with E-state index in [1.165, 1.54) is 24.3 Å². The molecule has 2 N–H and O–H groups in total. The fraction of sp³-hybridized carbons (Fsp3) is 0.200. The van der Waals surface area contributed by atoms with Crippen LogP contribution in [-0.2, 0) is 7.05 Å². The Balaban J connectivity index is 1.79. The number of nitrogens with zero attached hydrogens (tertiary/aromatic N) is 5. The molecule has 0 aliphatic carbocycles. The molecule has 2 aromatic carbocycles. The van der Waals surface area contributed by atoms with Gasteiger partial charge in [-0.15, -0.1) is 10.2 Å². The number of carbonyl (C=O) groups excluding carboxylic acids is 1. The molecule has 0 saturated heterocycles. The second-order valence-corrected chi connectivity index (χ2v) is 8.04. The summed E-state index contributed by atoms with van der Waals surface area (Å²) in [6.45, 7) is 3.91. The molecule has 0 atom stereocenters. The first-order valence-electron chi connectivity index (χ1n) is 8.94. The van der Waals surface area contributed by atoms with E-state index < -0.39 is 0 Å². The number of fused-ring (bicyclic) bond motifs is 1. The highest BCUT2D eigenvalue weighted by Gasteiger charge is 2.19. The van der Waals surface area contributed by atoms with Crippen LogP contribution in [0.5, 0.6) is 11.5 Å². The highest BCUT2D eigenvalue weighted by Crippen LogP contribution is 2.39. The standard InChI is InChI=1S/C20H19N5O3S/c1-11(2)14-6-15(18(28)7-17(14)27)20-22-21-10-25(20)29-19-5-12-8-24(3)23-16(12)4-13(19)9-26/h4-11,27-28H,1-3H3. The molecule has 2 aromatic heterocycles. The zero-order valence-corrected chi connectivity index (χ0v) is 16.9. The molecule has 4 rings (SSSR count). The molecule has 0 amide bonds. The Hall–Kier alpha value is -3.33. The number of aromatic hydroxyl groups is 2. The van der Waals surface area contributed by atoms with Crippen molar-refractivity contribution in [2.45, 2.75) is 24.7 Å². The molecule has 148 valence electrons. The summed E-state index contributed by atoms with van der Waals surface area (Å²) in [7, 11) is 1.82. The van der Waals surface area contributed by atoms with Crippen molar-refractivity contribution in [1.29, 1.82) is 0 Å². The molecule has 0 unspecified atom stereocenters. The number of aryl methyl sites for hydroxylation is 1. The van der Waals surface area contributed by atoms with Gasteiger partial charge in [0.1, 0.15) is 17.8 Å². The van der Waals surface area contributed by atoms with Gasteiger partial charge >= 0.3 is 0 Å². The monoisotopic (exact) mass is 409 g/mol. The molecular formula is C20H19N5O3S. The van der Waals surface area contributed by atoms with E-state index in [1.54, 1.807) is 20.8 Å².